The van der Waals surface area contributed by atoms with E-state index < -0.39 is 0 Å². The lowest BCUT2D eigenvalue weighted by atomic mass is 9.87. The summed E-state index contributed by atoms with van der Waals surface area (Å²) < 4.78 is 17.8. The van der Waals surface area contributed by atoms with Crippen LogP contribution in [0.25, 0.3) is 0 Å². The number of nitrogens with zero attached hydrogens (tertiary/aromatic N) is 1. The van der Waals surface area contributed by atoms with Gasteiger partial charge >= 0.3 is 6.03 Å². The standard InChI is InChI=1S/C33H45N5O5S/c1-6-25(7-2)36-32(40)37-26-12-15-28(24(17-26)20-41-5)43-29-19-35-33(44-29)38-31(39)22-10-13-27(14-11-22)42-30(21(3)4)23-9-8-16-34-18-23/h10-15,17,19,21,23,25,30,34H,6-9,16,18,20H2,1-5H3,(H,35,38,39)(H2,36,37,40). The van der Waals surface area contributed by atoms with Crippen molar-refractivity contribution in [2.24, 2.45) is 11.8 Å². The number of carbonyl (C=O) groups excluding carboxylic acids is 2. The molecule has 2 unspecified atom stereocenters. The molecule has 0 spiro atoms. The summed E-state index contributed by atoms with van der Waals surface area (Å²) in [5, 5.41) is 13.1. The number of carbonyl (C=O) groups is 2. The molecule has 11 heteroatoms. The molecule has 44 heavy (non-hydrogen) atoms. The number of ether oxygens (including phenoxy) is 3. The molecule has 0 aliphatic carbocycles. The zero-order chi connectivity index (χ0) is 31.5. The molecule has 0 bridgehead atoms. The Morgan fingerprint density at radius 2 is 1.86 bits per heavy atom. The van der Waals surface area contributed by atoms with E-state index in [1.54, 1.807) is 37.6 Å². The third-order valence-electron chi connectivity index (χ3n) is 7.70. The fourth-order valence-electron chi connectivity index (χ4n) is 5.29. The van der Waals surface area contributed by atoms with Gasteiger partial charge in [-0.25, -0.2) is 9.78 Å². The number of nitrogens with one attached hydrogen (secondary N) is 4. The van der Waals surface area contributed by atoms with Crippen molar-refractivity contribution < 1.29 is 23.8 Å². The summed E-state index contributed by atoms with van der Waals surface area (Å²) in [5.41, 5.74) is 1.90. The third-order valence-corrected chi connectivity index (χ3v) is 8.49. The minimum absolute atomic E-state index is 0.118. The lowest BCUT2D eigenvalue weighted by molar-refractivity contribution is 0.0749. The number of methoxy groups -OCH3 is 1. The summed E-state index contributed by atoms with van der Waals surface area (Å²) >= 11 is 1.22. The van der Waals surface area contributed by atoms with E-state index in [0.717, 1.165) is 50.1 Å². The largest absolute Gasteiger partial charge is 0.490 e. The number of amides is 3. The molecule has 1 aromatic heterocycles. The minimum Gasteiger partial charge on any atom is -0.490 e. The molecule has 3 aromatic rings. The van der Waals surface area contributed by atoms with E-state index in [0.29, 0.717) is 39.0 Å². The van der Waals surface area contributed by atoms with E-state index in [-0.39, 0.29) is 30.7 Å². The second-order valence-electron chi connectivity index (χ2n) is 11.4. The van der Waals surface area contributed by atoms with E-state index in [9.17, 15) is 9.59 Å². The molecule has 238 valence electrons. The number of hydrogen-bond donors (Lipinski definition) is 4. The Hall–Kier alpha value is -3.67. The molecule has 4 rings (SSSR count). The summed E-state index contributed by atoms with van der Waals surface area (Å²) in [6.07, 6.45) is 5.73. The first kappa shape index (κ1) is 33.2. The van der Waals surface area contributed by atoms with Crippen LogP contribution in [0.3, 0.4) is 0 Å². The number of urea groups is 1. The van der Waals surface area contributed by atoms with Crippen LogP contribution in [0.2, 0.25) is 0 Å². The molecule has 1 saturated heterocycles. The van der Waals surface area contributed by atoms with Gasteiger partial charge in [0, 0.05) is 42.4 Å². The van der Waals surface area contributed by atoms with Crippen molar-refractivity contribution >= 4 is 34.1 Å². The van der Waals surface area contributed by atoms with Crippen molar-refractivity contribution in [3.05, 3.63) is 59.8 Å². The van der Waals surface area contributed by atoms with Crippen LogP contribution in [0.5, 0.6) is 16.6 Å². The van der Waals surface area contributed by atoms with Gasteiger partial charge in [-0.05, 0) is 80.6 Å². The van der Waals surface area contributed by atoms with Gasteiger partial charge in [0.05, 0.1) is 12.8 Å². The number of hydrogen-bond acceptors (Lipinski definition) is 8. The zero-order valence-electron chi connectivity index (χ0n) is 26.3. The number of thiazole rings is 1. The monoisotopic (exact) mass is 623 g/mol. The van der Waals surface area contributed by atoms with Crippen LogP contribution in [0, 0.1) is 11.8 Å². The van der Waals surface area contributed by atoms with Crippen LogP contribution in [0.1, 0.15) is 69.3 Å². The summed E-state index contributed by atoms with van der Waals surface area (Å²) in [5.74, 6) is 1.92. The minimum atomic E-state index is -0.267. The lowest BCUT2D eigenvalue weighted by Gasteiger charge is -2.33. The highest BCUT2D eigenvalue weighted by atomic mass is 32.1. The molecule has 10 nitrogen and oxygen atoms in total. The average molecular weight is 624 g/mol. The van der Waals surface area contributed by atoms with Gasteiger partial charge in [-0.1, -0.05) is 39.0 Å². The van der Waals surface area contributed by atoms with Crippen molar-refractivity contribution in [1.82, 2.24) is 15.6 Å². The maximum Gasteiger partial charge on any atom is 0.319 e. The van der Waals surface area contributed by atoms with Crippen LogP contribution < -0.4 is 30.7 Å². The zero-order valence-corrected chi connectivity index (χ0v) is 27.1. The van der Waals surface area contributed by atoms with Crippen molar-refractivity contribution in [3.8, 4) is 16.6 Å². The van der Waals surface area contributed by atoms with Crippen molar-refractivity contribution in [2.75, 3.05) is 30.8 Å². The SMILES string of the molecule is CCC(CC)NC(=O)Nc1ccc(Oc2cnc(NC(=O)c3ccc(OC(C(C)C)C4CCCNC4)cc3)s2)c(COC)c1. The van der Waals surface area contributed by atoms with Crippen molar-refractivity contribution in [3.63, 3.8) is 0 Å². The van der Waals surface area contributed by atoms with Crippen molar-refractivity contribution in [2.45, 2.75) is 72.1 Å². The molecule has 4 N–H and O–H groups in total. The van der Waals surface area contributed by atoms with Gasteiger partial charge in [0.1, 0.15) is 17.6 Å². The molecule has 2 aromatic carbocycles. The molecule has 2 heterocycles. The fourth-order valence-corrected chi connectivity index (χ4v) is 5.97. The van der Waals surface area contributed by atoms with Crippen molar-refractivity contribution in [1.29, 1.82) is 0 Å². The van der Waals surface area contributed by atoms with E-state index in [1.165, 1.54) is 11.3 Å². The number of aromatic nitrogens is 1. The third kappa shape index (κ3) is 9.41. The second kappa shape index (κ2) is 16.4. The molecule has 1 aliphatic heterocycles. The number of anilines is 2. The van der Waals surface area contributed by atoms with Crippen LogP contribution in [0.15, 0.2) is 48.7 Å². The highest BCUT2D eigenvalue weighted by Crippen LogP contribution is 2.34. The van der Waals surface area contributed by atoms with Gasteiger partial charge in [-0.15, -0.1) is 0 Å². The molecule has 3 amide bonds. The molecular weight excluding hydrogens is 578 g/mol. The summed E-state index contributed by atoms with van der Waals surface area (Å²) in [6.45, 7) is 10.8. The summed E-state index contributed by atoms with van der Waals surface area (Å²) in [4.78, 5) is 29.7. The molecule has 1 aliphatic rings. The van der Waals surface area contributed by atoms with E-state index in [1.807, 2.05) is 32.0 Å². The maximum atomic E-state index is 13.0. The predicted molar refractivity (Wildman–Crippen MR) is 175 cm³/mol. The Morgan fingerprint density at radius 3 is 2.52 bits per heavy atom. The predicted octanol–water partition coefficient (Wildman–Crippen LogP) is 7.05. The van der Waals surface area contributed by atoms with E-state index >= 15 is 0 Å². The Labute approximate surface area is 264 Å². The van der Waals surface area contributed by atoms with Crippen LogP contribution in [0.4, 0.5) is 15.6 Å². The highest BCUT2D eigenvalue weighted by Gasteiger charge is 2.28. The molecule has 0 radical (unpaired) electrons. The Balaban J connectivity index is 1.35. The van der Waals surface area contributed by atoms with Gasteiger partial charge in [0.2, 0.25) is 5.06 Å². The fraction of sp³-hybridized carbons (Fsp3) is 0.485. The molecule has 2 atom stereocenters. The van der Waals surface area contributed by atoms with Gasteiger partial charge < -0.3 is 30.2 Å². The molecule has 1 fully saturated rings. The molecular formula is C33H45N5O5S. The van der Waals surface area contributed by atoms with Gasteiger partial charge in [0.25, 0.3) is 5.91 Å². The first-order valence-corrected chi connectivity index (χ1v) is 16.2. The van der Waals surface area contributed by atoms with Gasteiger partial charge in [-0.2, -0.15) is 0 Å². The van der Waals surface area contributed by atoms with Gasteiger partial charge in [0.15, 0.2) is 5.13 Å². The summed E-state index contributed by atoms with van der Waals surface area (Å²) in [7, 11) is 1.60. The first-order chi connectivity index (χ1) is 21.3. The number of piperidine rings is 1. The Bertz CT molecular complexity index is 1350. The quantitative estimate of drug-likeness (QED) is 0.152. The maximum absolute atomic E-state index is 13.0. The van der Waals surface area contributed by atoms with Crippen LogP contribution in [-0.4, -0.2) is 49.3 Å². The second-order valence-corrected chi connectivity index (χ2v) is 12.4. The van der Waals surface area contributed by atoms with E-state index in [2.05, 4.69) is 40.1 Å². The lowest BCUT2D eigenvalue weighted by Crippen LogP contribution is -2.42. The van der Waals surface area contributed by atoms with E-state index in [4.69, 9.17) is 14.2 Å². The Kier molecular flexibility index (Phi) is 12.4. The topological polar surface area (TPSA) is 123 Å². The number of benzene rings is 2. The summed E-state index contributed by atoms with van der Waals surface area (Å²) in [6, 6.07) is 12.5. The first-order valence-electron chi connectivity index (χ1n) is 15.4. The van der Waals surface area contributed by atoms with Crippen LogP contribution in [-0.2, 0) is 11.3 Å². The van der Waals surface area contributed by atoms with Crippen LogP contribution >= 0.6 is 11.3 Å². The highest BCUT2D eigenvalue weighted by molar-refractivity contribution is 7.17. The Morgan fingerprint density at radius 1 is 1.09 bits per heavy atom. The molecule has 0 saturated carbocycles. The number of rotatable bonds is 14. The normalized spacial score (nSPS) is 15.6. The average Bonchev–Trinajstić information content (AvgIpc) is 3.47. The van der Waals surface area contributed by atoms with Gasteiger partial charge in [-0.3, -0.25) is 10.1 Å². The smallest absolute Gasteiger partial charge is 0.319 e.